The van der Waals surface area contributed by atoms with Crippen LogP contribution in [-0.4, -0.2) is 98.7 Å². The normalized spacial score (nSPS) is 23.7. The lowest BCUT2D eigenvalue weighted by Crippen LogP contribution is -2.60. The van der Waals surface area contributed by atoms with Crippen LogP contribution in [0.15, 0.2) is 42.5 Å². The summed E-state index contributed by atoms with van der Waals surface area (Å²) in [5.74, 6) is -0.394. The highest BCUT2D eigenvalue weighted by Gasteiger charge is 2.44. The molecule has 3 rings (SSSR count). The van der Waals surface area contributed by atoms with Crippen LogP contribution in [0.5, 0.6) is 0 Å². The largest absolute Gasteiger partial charge is 0.394 e. The third-order valence-electron chi connectivity index (χ3n) is 8.97. The average Bonchev–Trinajstić information content (AvgIpc) is 3.06. The first kappa shape index (κ1) is 38.3. The third-order valence-corrected chi connectivity index (χ3v) is 8.97. The van der Waals surface area contributed by atoms with Gasteiger partial charge in [0.05, 0.1) is 31.8 Å². The first-order valence-corrected chi connectivity index (χ1v) is 17.3. The molecule has 0 bridgehead atoms. The summed E-state index contributed by atoms with van der Waals surface area (Å²) in [6.45, 7) is 1.26. The minimum atomic E-state index is -1.63. The monoisotopic (exact) mass is 647 g/mol. The molecule has 0 spiro atoms. The topological polar surface area (TPSA) is 169 Å². The number of fused-ring (bicyclic) bond motifs is 1. The van der Waals surface area contributed by atoms with E-state index in [-0.39, 0.29) is 13.0 Å². The Morgan fingerprint density at radius 1 is 0.826 bits per heavy atom. The molecule has 46 heavy (non-hydrogen) atoms. The van der Waals surface area contributed by atoms with Crippen molar-refractivity contribution in [2.75, 3.05) is 13.2 Å². The van der Waals surface area contributed by atoms with Crippen LogP contribution in [0, 0.1) is 0 Å². The van der Waals surface area contributed by atoms with E-state index in [1.807, 2.05) is 42.5 Å². The number of aliphatic hydroxyl groups excluding tert-OH is 6. The predicted molar refractivity (Wildman–Crippen MR) is 177 cm³/mol. The molecule has 1 amide bonds. The van der Waals surface area contributed by atoms with Gasteiger partial charge in [0.1, 0.15) is 30.5 Å². The highest BCUT2D eigenvalue weighted by molar-refractivity contribution is 5.85. The fraction of sp³-hybridized carbons (Fsp3) is 0.694. The van der Waals surface area contributed by atoms with Gasteiger partial charge >= 0.3 is 0 Å². The molecule has 2 aromatic carbocycles. The molecular formula is C36H57NO9. The number of unbranched alkanes of at least 4 members (excludes halogenated alkanes) is 11. The SMILES string of the molecule is CCCCCCCCCCCCCC[C@@H](O)[C@@H](O)[C@H](CO[C@H]1O[C@H](CO)[C@H](O)[C@H](O)[C@H]1O)NC(=O)Cc1ccc2ccccc2c1. The molecule has 1 aliphatic rings. The summed E-state index contributed by atoms with van der Waals surface area (Å²) in [4.78, 5) is 13.1. The first-order valence-electron chi connectivity index (χ1n) is 17.3. The number of rotatable bonds is 22. The van der Waals surface area contributed by atoms with Crippen molar-refractivity contribution in [2.24, 2.45) is 0 Å². The third kappa shape index (κ3) is 12.5. The predicted octanol–water partition coefficient (Wildman–Crippen LogP) is 3.50. The molecule has 0 radical (unpaired) electrons. The second-order valence-electron chi connectivity index (χ2n) is 12.8. The summed E-state index contributed by atoms with van der Waals surface area (Å²) in [5, 5.41) is 66.9. The van der Waals surface area contributed by atoms with Crippen LogP contribution in [0.25, 0.3) is 10.8 Å². The number of nitrogens with one attached hydrogen (secondary N) is 1. The Hall–Kier alpha value is -2.15. The number of carbonyl (C=O) groups excluding carboxylic acids is 1. The van der Waals surface area contributed by atoms with Crippen molar-refractivity contribution in [3.05, 3.63) is 48.0 Å². The van der Waals surface area contributed by atoms with E-state index < -0.39 is 61.5 Å². The molecule has 0 saturated carbocycles. The van der Waals surface area contributed by atoms with Gasteiger partial charge in [0.25, 0.3) is 0 Å². The molecule has 10 nitrogen and oxygen atoms in total. The zero-order chi connectivity index (χ0) is 33.3. The Kier molecular flexibility index (Phi) is 17.4. The van der Waals surface area contributed by atoms with Crippen LogP contribution in [0.2, 0.25) is 0 Å². The summed E-state index contributed by atoms with van der Waals surface area (Å²) in [5.41, 5.74) is 0.774. The lowest BCUT2D eigenvalue weighted by Gasteiger charge is -2.40. The number of aliphatic hydroxyl groups is 6. The van der Waals surface area contributed by atoms with E-state index in [9.17, 15) is 35.4 Å². The van der Waals surface area contributed by atoms with Crippen molar-refractivity contribution in [1.29, 1.82) is 0 Å². The molecule has 8 atom stereocenters. The fourth-order valence-corrected chi connectivity index (χ4v) is 6.05. The van der Waals surface area contributed by atoms with Crippen molar-refractivity contribution >= 4 is 16.7 Å². The summed E-state index contributed by atoms with van der Waals surface area (Å²) < 4.78 is 11.1. The highest BCUT2D eigenvalue weighted by atomic mass is 16.7. The van der Waals surface area contributed by atoms with Crippen LogP contribution in [0.4, 0.5) is 0 Å². The number of hydrogen-bond donors (Lipinski definition) is 7. The lowest BCUT2D eigenvalue weighted by molar-refractivity contribution is -0.303. The molecule has 10 heteroatoms. The van der Waals surface area contributed by atoms with E-state index in [2.05, 4.69) is 12.2 Å². The van der Waals surface area contributed by atoms with Crippen LogP contribution < -0.4 is 5.32 Å². The van der Waals surface area contributed by atoms with E-state index >= 15 is 0 Å². The number of ether oxygens (including phenoxy) is 2. The van der Waals surface area contributed by atoms with Crippen molar-refractivity contribution in [3.8, 4) is 0 Å². The van der Waals surface area contributed by atoms with E-state index in [1.54, 1.807) is 0 Å². The maximum absolute atomic E-state index is 13.1. The zero-order valence-corrected chi connectivity index (χ0v) is 27.4. The van der Waals surface area contributed by atoms with Crippen LogP contribution in [0.1, 0.15) is 96.0 Å². The van der Waals surface area contributed by atoms with Crippen molar-refractivity contribution in [2.45, 2.75) is 146 Å². The number of benzene rings is 2. The van der Waals surface area contributed by atoms with Gasteiger partial charge in [-0.2, -0.15) is 0 Å². The molecule has 260 valence electrons. The quantitative estimate of drug-likeness (QED) is 0.0946. The van der Waals surface area contributed by atoms with Gasteiger partial charge in [-0.15, -0.1) is 0 Å². The average molecular weight is 648 g/mol. The number of amides is 1. The minimum Gasteiger partial charge on any atom is -0.394 e. The van der Waals surface area contributed by atoms with Gasteiger partial charge in [0.15, 0.2) is 6.29 Å². The Balaban J connectivity index is 1.51. The Labute approximate surface area is 273 Å². The molecule has 1 aliphatic heterocycles. The molecule has 1 heterocycles. The molecule has 0 aromatic heterocycles. The van der Waals surface area contributed by atoms with Crippen molar-refractivity contribution in [3.63, 3.8) is 0 Å². The highest BCUT2D eigenvalue weighted by Crippen LogP contribution is 2.23. The van der Waals surface area contributed by atoms with Gasteiger partial charge < -0.3 is 45.4 Å². The van der Waals surface area contributed by atoms with Gasteiger partial charge in [0.2, 0.25) is 5.91 Å². The lowest BCUT2D eigenvalue weighted by atomic mass is 9.98. The van der Waals surface area contributed by atoms with E-state index in [0.717, 1.165) is 42.0 Å². The maximum Gasteiger partial charge on any atom is 0.224 e. The van der Waals surface area contributed by atoms with Gasteiger partial charge in [0, 0.05) is 0 Å². The molecule has 2 aromatic rings. The van der Waals surface area contributed by atoms with E-state index in [1.165, 1.54) is 51.4 Å². The molecule has 1 fully saturated rings. The summed E-state index contributed by atoms with van der Waals surface area (Å²) in [7, 11) is 0. The molecule has 7 N–H and O–H groups in total. The Morgan fingerprint density at radius 2 is 1.43 bits per heavy atom. The Morgan fingerprint density at radius 3 is 2.07 bits per heavy atom. The van der Waals surface area contributed by atoms with Crippen LogP contribution in [0.3, 0.4) is 0 Å². The van der Waals surface area contributed by atoms with Gasteiger partial charge in [-0.3, -0.25) is 4.79 Å². The van der Waals surface area contributed by atoms with Gasteiger partial charge in [-0.05, 0) is 22.8 Å². The van der Waals surface area contributed by atoms with Gasteiger partial charge in [-0.1, -0.05) is 126 Å². The van der Waals surface area contributed by atoms with Crippen LogP contribution in [-0.2, 0) is 20.7 Å². The van der Waals surface area contributed by atoms with Crippen LogP contribution >= 0.6 is 0 Å². The maximum atomic E-state index is 13.1. The van der Waals surface area contributed by atoms with E-state index in [0.29, 0.717) is 6.42 Å². The summed E-state index contributed by atoms with van der Waals surface area (Å²) >= 11 is 0. The first-order chi connectivity index (χ1) is 22.2. The molecule has 0 unspecified atom stereocenters. The van der Waals surface area contributed by atoms with Gasteiger partial charge in [-0.25, -0.2) is 0 Å². The molecule has 0 aliphatic carbocycles. The second-order valence-corrected chi connectivity index (χ2v) is 12.8. The fourth-order valence-electron chi connectivity index (χ4n) is 6.05. The zero-order valence-electron chi connectivity index (χ0n) is 27.4. The summed E-state index contributed by atoms with van der Waals surface area (Å²) in [6, 6.07) is 12.5. The second kappa shape index (κ2) is 21.0. The Bertz CT molecular complexity index is 1130. The number of hydrogen-bond acceptors (Lipinski definition) is 9. The van der Waals surface area contributed by atoms with Crippen molar-refractivity contribution < 1.29 is 44.9 Å². The van der Waals surface area contributed by atoms with Crippen molar-refractivity contribution in [1.82, 2.24) is 5.32 Å². The molecular weight excluding hydrogens is 590 g/mol. The summed E-state index contributed by atoms with van der Waals surface area (Å²) in [6.07, 6.45) is 4.64. The minimum absolute atomic E-state index is 0.0307. The van der Waals surface area contributed by atoms with E-state index in [4.69, 9.17) is 9.47 Å². The smallest absolute Gasteiger partial charge is 0.224 e. The standard InChI is InChI=1S/C36H57NO9/c1-2-3-4-5-6-7-8-9-10-11-12-13-18-29(39)32(41)28(24-45-36-35(44)34(43)33(42)30(23-38)46-36)37-31(40)22-25-19-20-26-16-14-15-17-27(26)21-25/h14-17,19-21,28-30,32-36,38-39,41-44H,2-13,18,22-24H2,1H3,(H,37,40)/t28-,29+,30+,32-,33-,34-,35+,36-/m0/s1. The number of carbonyl (C=O) groups is 1. The molecule has 1 saturated heterocycles.